The molecule has 2 aliphatic carbocycles. The fraction of sp³-hybridized carbons (Fsp3) is 0.240. The average Bonchev–Trinajstić information content (AvgIpc) is 3.14. The Labute approximate surface area is 165 Å². The summed E-state index contributed by atoms with van der Waals surface area (Å²) in [4.78, 5) is 3.42. The molecular weight excluding hydrogens is 344 g/mol. The van der Waals surface area contributed by atoms with Crippen LogP contribution < -0.4 is 0 Å². The number of fused-ring (bicyclic) bond motifs is 1. The molecule has 2 aromatic carbocycles. The summed E-state index contributed by atoms with van der Waals surface area (Å²) in [6.07, 6.45) is 10.9. The number of aromatic amines is 1. The molecule has 3 nitrogen and oxygen atoms in total. The number of hydrogen-bond acceptors (Lipinski definition) is 2. The van der Waals surface area contributed by atoms with Gasteiger partial charge >= 0.3 is 0 Å². The van der Waals surface area contributed by atoms with Crippen molar-refractivity contribution in [2.45, 2.75) is 31.1 Å². The molecule has 140 valence electrons. The molecule has 28 heavy (non-hydrogen) atoms. The largest absolute Gasteiger partial charge is 0.411 e. The van der Waals surface area contributed by atoms with E-state index >= 15 is 0 Å². The van der Waals surface area contributed by atoms with Gasteiger partial charge in [-0.05, 0) is 36.0 Å². The smallest absolute Gasteiger partial charge is 0.107 e. The van der Waals surface area contributed by atoms with E-state index in [4.69, 9.17) is 0 Å². The first-order valence-electron chi connectivity index (χ1n) is 10.0. The van der Waals surface area contributed by atoms with Crippen molar-refractivity contribution in [2.75, 3.05) is 0 Å². The van der Waals surface area contributed by atoms with Crippen LogP contribution in [0, 0.1) is 5.92 Å². The van der Waals surface area contributed by atoms with E-state index in [1.807, 2.05) is 0 Å². The number of oxime groups is 1. The summed E-state index contributed by atoms with van der Waals surface area (Å²) in [7, 11) is 0. The maximum absolute atomic E-state index is 9.64. The van der Waals surface area contributed by atoms with E-state index < -0.39 is 0 Å². The van der Waals surface area contributed by atoms with Crippen LogP contribution in [0.2, 0.25) is 0 Å². The van der Waals surface area contributed by atoms with Crippen molar-refractivity contribution in [1.29, 1.82) is 0 Å². The van der Waals surface area contributed by atoms with Crippen LogP contribution >= 0.6 is 0 Å². The van der Waals surface area contributed by atoms with Gasteiger partial charge in [-0.15, -0.1) is 0 Å². The van der Waals surface area contributed by atoms with E-state index in [1.165, 1.54) is 28.7 Å². The minimum absolute atomic E-state index is 0.192. The molecule has 1 saturated carbocycles. The number of hydrogen-bond donors (Lipinski definition) is 2. The Morgan fingerprint density at radius 1 is 0.964 bits per heavy atom. The Bertz CT molecular complexity index is 987. The number of benzene rings is 2. The highest BCUT2D eigenvalue weighted by Gasteiger charge is 2.37. The van der Waals surface area contributed by atoms with Gasteiger partial charge in [-0.2, -0.15) is 0 Å². The van der Waals surface area contributed by atoms with Gasteiger partial charge in [0, 0.05) is 23.1 Å². The van der Waals surface area contributed by atoms with Crippen LogP contribution in [0.1, 0.15) is 47.2 Å². The van der Waals surface area contributed by atoms with Crippen molar-refractivity contribution in [3.05, 3.63) is 101 Å². The monoisotopic (exact) mass is 368 g/mol. The fourth-order valence-electron chi connectivity index (χ4n) is 4.66. The molecule has 0 atom stereocenters. The standard InChI is InChI=1S/C25H24N2O/c28-27-23(18-8-7-9-18)24-22-14-15-25(16-19(22)17-26-24,20-10-3-1-4-11-20)21-12-5-2-6-13-21/h1-6,10-15,17-18,26,28H,7-9,16H2/b27-23+. The molecule has 1 fully saturated rings. The molecule has 5 rings (SSSR count). The van der Waals surface area contributed by atoms with E-state index in [-0.39, 0.29) is 5.41 Å². The summed E-state index contributed by atoms with van der Waals surface area (Å²) in [6, 6.07) is 21.4. The Morgan fingerprint density at radius 3 is 2.14 bits per heavy atom. The second-order valence-corrected chi connectivity index (χ2v) is 7.93. The molecule has 1 aromatic heterocycles. The van der Waals surface area contributed by atoms with Crippen molar-refractivity contribution < 1.29 is 5.21 Å². The van der Waals surface area contributed by atoms with Crippen LogP contribution in [0.4, 0.5) is 0 Å². The third kappa shape index (κ3) is 2.62. The molecule has 3 heteroatoms. The first-order valence-corrected chi connectivity index (χ1v) is 10.0. The third-order valence-electron chi connectivity index (χ3n) is 6.44. The molecule has 0 amide bonds. The molecule has 2 aliphatic rings. The molecule has 0 spiro atoms. The van der Waals surface area contributed by atoms with Crippen LogP contribution in [0.5, 0.6) is 0 Å². The normalized spacial score (nSPS) is 18.5. The summed E-state index contributed by atoms with van der Waals surface area (Å²) in [5, 5.41) is 13.3. The lowest BCUT2D eigenvalue weighted by Gasteiger charge is -2.35. The van der Waals surface area contributed by atoms with Gasteiger partial charge in [0.1, 0.15) is 5.71 Å². The van der Waals surface area contributed by atoms with Crippen LogP contribution in [0.25, 0.3) is 6.08 Å². The molecular formula is C25H24N2O. The lowest BCUT2D eigenvalue weighted by atomic mass is 9.67. The van der Waals surface area contributed by atoms with Crippen LogP contribution in [-0.2, 0) is 11.8 Å². The van der Waals surface area contributed by atoms with Crippen molar-refractivity contribution in [1.82, 2.24) is 4.98 Å². The summed E-state index contributed by atoms with van der Waals surface area (Å²) in [6.45, 7) is 0. The van der Waals surface area contributed by atoms with Crippen LogP contribution in [0.3, 0.4) is 0 Å². The van der Waals surface area contributed by atoms with Crippen molar-refractivity contribution in [2.24, 2.45) is 11.1 Å². The van der Waals surface area contributed by atoms with Gasteiger partial charge in [-0.3, -0.25) is 0 Å². The lowest BCUT2D eigenvalue weighted by molar-refractivity contribution is 0.306. The maximum Gasteiger partial charge on any atom is 0.107 e. The molecule has 2 N–H and O–H groups in total. The maximum atomic E-state index is 9.64. The van der Waals surface area contributed by atoms with Gasteiger partial charge in [-0.1, -0.05) is 84.4 Å². The van der Waals surface area contributed by atoms with Crippen molar-refractivity contribution in [3.63, 3.8) is 0 Å². The summed E-state index contributed by atoms with van der Waals surface area (Å²) in [5.41, 5.74) is 6.62. The second kappa shape index (κ2) is 6.83. The van der Waals surface area contributed by atoms with Gasteiger partial charge in [0.25, 0.3) is 0 Å². The SMILES string of the molecule is O/N=C(/c1[nH]cc2c1C=CC(c1ccccc1)(c1ccccc1)C2)C1CCC1. The summed E-state index contributed by atoms with van der Waals surface area (Å²) >= 11 is 0. The third-order valence-corrected chi connectivity index (χ3v) is 6.44. The zero-order chi connectivity index (χ0) is 19.0. The van der Waals surface area contributed by atoms with Gasteiger partial charge in [0.15, 0.2) is 0 Å². The van der Waals surface area contributed by atoms with Crippen molar-refractivity contribution >= 4 is 11.8 Å². The minimum atomic E-state index is -0.192. The highest BCUT2D eigenvalue weighted by Crippen LogP contribution is 2.43. The number of rotatable bonds is 4. The van der Waals surface area contributed by atoms with E-state index in [1.54, 1.807) is 0 Å². The van der Waals surface area contributed by atoms with E-state index in [0.29, 0.717) is 5.92 Å². The van der Waals surface area contributed by atoms with Gasteiger partial charge < -0.3 is 10.2 Å². The van der Waals surface area contributed by atoms with Gasteiger partial charge in [0.05, 0.1) is 5.69 Å². The topological polar surface area (TPSA) is 48.4 Å². The summed E-state index contributed by atoms with van der Waals surface area (Å²) < 4.78 is 0. The highest BCUT2D eigenvalue weighted by atomic mass is 16.4. The molecule has 3 aromatic rings. The number of nitrogens with one attached hydrogen (secondary N) is 1. The molecule has 0 bridgehead atoms. The molecule has 0 radical (unpaired) electrons. The second-order valence-electron chi connectivity index (χ2n) is 7.93. The number of H-pyrrole nitrogens is 1. The van der Waals surface area contributed by atoms with Crippen LogP contribution in [0.15, 0.2) is 78.1 Å². The Kier molecular flexibility index (Phi) is 4.16. The fourth-order valence-corrected chi connectivity index (χ4v) is 4.66. The Morgan fingerprint density at radius 2 is 1.61 bits per heavy atom. The first-order chi connectivity index (χ1) is 13.8. The molecule has 0 aliphatic heterocycles. The van der Waals surface area contributed by atoms with Crippen LogP contribution in [-0.4, -0.2) is 15.9 Å². The summed E-state index contributed by atoms with van der Waals surface area (Å²) in [5.74, 6) is 0.371. The van der Waals surface area contributed by atoms with Gasteiger partial charge in [0.2, 0.25) is 0 Å². The average molecular weight is 368 g/mol. The molecule has 0 unspecified atom stereocenters. The first kappa shape index (κ1) is 17.1. The zero-order valence-corrected chi connectivity index (χ0v) is 15.8. The van der Waals surface area contributed by atoms with Crippen molar-refractivity contribution in [3.8, 4) is 0 Å². The predicted molar refractivity (Wildman–Crippen MR) is 113 cm³/mol. The number of nitrogens with zero attached hydrogens (tertiary/aromatic N) is 1. The molecule has 1 heterocycles. The quantitative estimate of drug-likeness (QED) is 0.354. The van der Waals surface area contributed by atoms with Gasteiger partial charge in [-0.25, -0.2) is 0 Å². The van der Waals surface area contributed by atoms with E-state index in [9.17, 15) is 5.21 Å². The minimum Gasteiger partial charge on any atom is -0.411 e. The highest BCUT2D eigenvalue weighted by molar-refractivity contribution is 6.04. The number of aromatic nitrogens is 1. The Hall–Kier alpha value is -3.07. The zero-order valence-electron chi connectivity index (χ0n) is 15.8. The lowest BCUT2D eigenvalue weighted by Crippen LogP contribution is -2.30. The van der Waals surface area contributed by atoms with E-state index in [2.05, 4.69) is 89.2 Å². The molecule has 0 saturated heterocycles. The Balaban J connectivity index is 1.61. The predicted octanol–water partition coefficient (Wildman–Crippen LogP) is 5.55. The van der Waals surface area contributed by atoms with E-state index in [0.717, 1.165) is 30.7 Å². The number of allylic oxidation sites excluding steroid dienone is 1.